The lowest BCUT2D eigenvalue weighted by atomic mass is 10.0. The van der Waals surface area contributed by atoms with Crippen molar-refractivity contribution < 1.29 is 9.53 Å². The maximum atomic E-state index is 12.0. The van der Waals surface area contributed by atoms with Gasteiger partial charge in [0.25, 0.3) is 0 Å². The molecule has 2 atom stereocenters. The van der Waals surface area contributed by atoms with Gasteiger partial charge in [0.05, 0.1) is 12.6 Å². The second-order valence-electron chi connectivity index (χ2n) is 4.73. The van der Waals surface area contributed by atoms with E-state index in [-0.39, 0.29) is 11.9 Å². The van der Waals surface area contributed by atoms with Gasteiger partial charge in [0.15, 0.2) is 0 Å². The van der Waals surface area contributed by atoms with Crippen LogP contribution in [0.25, 0.3) is 0 Å². The van der Waals surface area contributed by atoms with Crippen LogP contribution < -0.4 is 0 Å². The largest absolute Gasteiger partial charge is 0.353 e. The van der Waals surface area contributed by atoms with E-state index < -0.39 is 5.72 Å². The van der Waals surface area contributed by atoms with Crippen molar-refractivity contribution in [3.8, 4) is 0 Å². The number of rotatable bonds is 1. The van der Waals surface area contributed by atoms with Gasteiger partial charge in [-0.2, -0.15) is 0 Å². The second kappa shape index (κ2) is 3.70. The number of hydrogen-bond acceptors (Lipinski definition) is 2. The lowest BCUT2D eigenvalue weighted by Crippen LogP contribution is -2.48. The summed E-state index contributed by atoms with van der Waals surface area (Å²) in [4.78, 5) is 13.9. The van der Waals surface area contributed by atoms with Gasteiger partial charge in [-0.15, -0.1) is 0 Å². The lowest BCUT2D eigenvalue weighted by molar-refractivity contribution is -0.144. The monoisotopic (exact) mass is 229 g/mol. The maximum Gasteiger partial charge on any atom is 0.249 e. The van der Waals surface area contributed by atoms with Crippen molar-refractivity contribution >= 4 is 5.91 Å². The Balaban J connectivity index is 1.99. The number of nitrogens with zero attached hydrogens (tertiary/aromatic N) is 1. The van der Waals surface area contributed by atoms with Crippen LogP contribution in [0, 0.1) is 0 Å². The highest BCUT2D eigenvalue weighted by atomic mass is 16.5. The van der Waals surface area contributed by atoms with Crippen LogP contribution in [0.5, 0.6) is 0 Å². The molecule has 0 saturated carbocycles. The summed E-state index contributed by atoms with van der Waals surface area (Å²) in [6.45, 7) is 2.56. The average Bonchev–Trinajstić information content (AvgIpc) is 2.69. The van der Waals surface area contributed by atoms with Crippen molar-refractivity contribution in [1.82, 2.24) is 4.90 Å². The van der Waals surface area contributed by atoms with Gasteiger partial charge in [-0.3, -0.25) is 4.79 Å². The first-order valence-corrected chi connectivity index (χ1v) is 5.89. The molecule has 2 heterocycles. The minimum Gasteiger partial charge on any atom is -0.353 e. The predicted molar refractivity (Wildman–Crippen MR) is 64.1 cm³/mol. The van der Waals surface area contributed by atoms with E-state index in [0.717, 1.165) is 12.0 Å². The highest BCUT2D eigenvalue weighted by Crippen LogP contribution is 2.40. The van der Waals surface area contributed by atoms with E-state index in [9.17, 15) is 4.79 Å². The molecule has 0 bridgehead atoms. The van der Waals surface area contributed by atoms with Gasteiger partial charge in [-0.05, 0) is 18.6 Å². The summed E-state index contributed by atoms with van der Waals surface area (Å²) in [6, 6.07) is 10.1. The minimum absolute atomic E-state index is 0.0404. The van der Waals surface area contributed by atoms with E-state index in [1.54, 1.807) is 6.08 Å². The number of hydrogen-bond donors (Lipinski definition) is 0. The van der Waals surface area contributed by atoms with Crippen LogP contribution in [-0.4, -0.2) is 23.1 Å². The molecule has 1 fully saturated rings. The molecule has 1 aromatic rings. The van der Waals surface area contributed by atoms with Crippen LogP contribution >= 0.6 is 0 Å². The summed E-state index contributed by atoms with van der Waals surface area (Å²) >= 11 is 0. The number of amides is 1. The molecule has 0 unspecified atom stereocenters. The number of carbonyl (C=O) groups is 1. The molecule has 1 saturated heterocycles. The van der Waals surface area contributed by atoms with Crippen LogP contribution in [0.2, 0.25) is 0 Å². The summed E-state index contributed by atoms with van der Waals surface area (Å²) < 4.78 is 5.84. The molecule has 3 rings (SSSR count). The Bertz CT molecular complexity index is 468. The Morgan fingerprint density at radius 1 is 1.35 bits per heavy atom. The number of carbonyl (C=O) groups excluding carboxylic acids is 1. The SMILES string of the molecule is C[C@@]12CC=CC(=O)N1[C@@H](c1ccccc1)CO2. The van der Waals surface area contributed by atoms with E-state index in [1.165, 1.54) is 0 Å². The van der Waals surface area contributed by atoms with Gasteiger partial charge >= 0.3 is 0 Å². The molecule has 17 heavy (non-hydrogen) atoms. The van der Waals surface area contributed by atoms with Crippen LogP contribution in [0.15, 0.2) is 42.5 Å². The highest BCUT2D eigenvalue weighted by molar-refractivity contribution is 5.89. The van der Waals surface area contributed by atoms with Gasteiger partial charge in [-0.25, -0.2) is 0 Å². The van der Waals surface area contributed by atoms with Gasteiger partial charge in [0.1, 0.15) is 5.72 Å². The number of benzene rings is 1. The number of ether oxygens (including phenoxy) is 1. The van der Waals surface area contributed by atoms with Crippen LogP contribution in [-0.2, 0) is 9.53 Å². The first-order chi connectivity index (χ1) is 8.21. The van der Waals surface area contributed by atoms with Gasteiger partial charge in [0.2, 0.25) is 5.91 Å². The molecule has 88 valence electrons. The van der Waals surface area contributed by atoms with E-state index in [4.69, 9.17) is 4.74 Å². The van der Waals surface area contributed by atoms with Crippen molar-refractivity contribution in [3.63, 3.8) is 0 Å². The van der Waals surface area contributed by atoms with Crippen LogP contribution in [0.1, 0.15) is 24.9 Å². The third-order valence-corrected chi connectivity index (χ3v) is 3.55. The summed E-state index contributed by atoms with van der Waals surface area (Å²) in [5, 5.41) is 0. The lowest BCUT2D eigenvalue weighted by Gasteiger charge is -2.37. The van der Waals surface area contributed by atoms with Crippen LogP contribution in [0.4, 0.5) is 0 Å². The first-order valence-electron chi connectivity index (χ1n) is 5.89. The molecule has 0 radical (unpaired) electrons. The zero-order valence-corrected chi connectivity index (χ0v) is 9.80. The predicted octanol–water partition coefficient (Wildman–Crippen LogP) is 2.26. The summed E-state index contributed by atoms with van der Waals surface area (Å²) in [7, 11) is 0. The van der Waals surface area contributed by atoms with Crippen molar-refractivity contribution in [2.45, 2.75) is 25.1 Å². The smallest absolute Gasteiger partial charge is 0.249 e. The molecule has 2 aliphatic heterocycles. The molecule has 0 spiro atoms. The Labute approximate surface area is 101 Å². The fraction of sp³-hybridized carbons (Fsp3) is 0.357. The summed E-state index contributed by atoms with van der Waals surface area (Å²) in [6.07, 6.45) is 4.31. The maximum absolute atomic E-state index is 12.0. The molecule has 1 amide bonds. The van der Waals surface area contributed by atoms with E-state index in [1.807, 2.05) is 48.2 Å². The molecule has 0 N–H and O–H groups in total. The average molecular weight is 229 g/mol. The zero-order valence-electron chi connectivity index (χ0n) is 9.80. The minimum atomic E-state index is -0.466. The quantitative estimate of drug-likeness (QED) is 0.739. The number of fused-ring (bicyclic) bond motifs is 1. The van der Waals surface area contributed by atoms with Gasteiger partial charge in [0, 0.05) is 6.42 Å². The molecule has 0 aromatic heterocycles. The van der Waals surface area contributed by atoms with Crippen molar-refractivity contribution in [2.24, 2.45) is 0 Å². The molecule has 3 nitrogen and oxygen atoms in total. The first kappa shape index (κ1) is 10.5. The van der Waals surface area contributed by atoms with Crippen molar-refractivity contribution in [2.75, 3.05) is 6.61 Å². The molecule has 0 aliphatic carbocycles. The normalized spacial score (nSPS) is 31.7. The molecular weight excluding hydrogens is 214 g/mol. The Morgan fingerprint density at radius 3 is 2.88 bits per heavy atom. The highest BCUT2D eigenvalue weighted by Gasteiger charge is 2.47. The second-order valence-corrected chi connectivity index (χ2v) is 4.73. The van der Waals surface area contributed by atoms with E-state index >= 15 is 0 Å². The molecule has 3 heteroatoms. The van der Waals surface area contributed by atoms with Crippen molar-refractivity contribution in [1.29, 1.82) is 0 Å². The third kappa shape index (κ3) is 1.58. The Hall–Kier alpha value is -1.61. The van der Waals surface area contributed by atoms with Crippen molar-refractivity contribution in [3.05, 3.63) is 48.0 Å². The summed E-state index contributed by atoms with van der Waals surface area (Å²) in [5.74, 6) is 0.0464. The van der Waals surface area contributed by atoms with Gasteiger partial charge in [-0.1, -0.05) is 36.4 Å². The fourth-order valence-corrected chi connectivity index (χ4v) is 2.66. The standard InChI is InChI=1S/C14H15NO2/c1-14-9-5-8-13(16)15(14)12(10-17-14)11-6-3-2-4-7-11/h2-8,12H,9-10H2,1H3/t12-,14-/m1/s1. The van der Waals surface area contributed by atoms with E-state index in [0.29, 0.717) is 6.61 Å². The molecular formula is C14H15NO2. The topological polar surface area (TPSA) is 29.5 Å². The van der Waals surface area contributed by atoms with Gasteiger partial charge < -0.3 is 9.64 Å². The van der Waals surface area contributed by atoms with Crippen LogP contribution in [0.3, 0.4) is 0 Å². The summed E-state index contributed by atoms with van der Waals surface area (Å²) in [5.41, 5.74) is 0.673. The fourth-order valence-electron chi connectivity index (χ4n) is 2.66. The Morgan fingerprint density at radius 2 is 2.12 bits per heavy atom. The molecule has 1 aromatic carbocycles. The Kier molecular flexibility index (Phi) is 2.30. The zero-order chi connectivity index (χ0) is 11.9. The molecule has 2 aliphatic rings. The third-order valence-electron chi connectivity index (χ3n) is 3.55. The van der Waals surface area contributed by atoms with E-state index in [2.05, 4.69) is 0 Å².